The Morgan fingerprint density at radius 2 is 1.88 bits per heavy atom. The first-order valence-corrected chi connectivity index (χ1v) is 8.76. The lowest BCUT2D eigenvalue weighted by molar-refractivity contribution is -0.118. The molecule has 0 aliphatic rings. The summed E-state index contributed by atoms with van der Waals surface area (Å²) in [6.45, 7) is 1.51. The number of nitrogens with zero attached hydrogens (tertiary/aromatic N) is 2. The van der Waals surface area contributed by atoms with Crippen LogP contribution in [-0.4, -0.2) is 20.4 Å². The van der Waals surface area contributed by atoms with Gasteiger partial charge in [-0.05, 0) is 31.2 Å². The largest absolute Gasteiger partial charge is 0.329 e. The van der Waals surface area contributed by atoms with E-state index in [-0.39, 0.29) is 0 Å². The standard InChI is InChI=1S/C18H14N4O3S/c1-10(15(23)21-17-19-13-8-4-5-9-14(13)26-17)22-16(24)11-6-2-3-7-12(11)20-18(22)25/h2-10H,1H3,(H,20,25)(H,19,21,23)/t10-/m0/s1. The lowest BCUT2D eigenvalue weighted by atomic mass is 10.2. The summed E-state index contributed by atoms with van der Waals surface area (Å²) in [7, 11) is 0. The van der Waals surface area contributed by atoms with Gasteiger partial charge in [-0.3, -0.25) is 9.59 Å². The molecule has 0 radical (unpaired) electrons. The highest BCUT2D eigenvalue weighted by molar-refractivity contribution is 7.22. The Bertz CT molecular complexity index is 1220. The number of aromatic nitrogens is 3. The van der Waals surface area contributed by atoms with Crippen molar-refractivity contribution in [3.63, 3.8) is 0 Å². The zero-order valence-electron chi connectivity index (χ0n) is 13.7. The maximum Gasteiger partial charge on any atom is 0.329 e. The highest BCUT2D eigenvalue weighted by Crippen LogP contribution is 2.25. The summed E-state index contributed by atoms with van der Waals surface area (Å²) in [6.07, 6.45) is 0. The first-order valence-electron chi connectivity index (χ1n) is 7.94. The Hall–Kier alpha value is -3.26. The van der Waals surface area contributed by atoms with E-state index in [0.717, 1.165) is 14.8 Å². The van der Waals surface area contributed by atoms with Crippen LogP contribution in [-0.2, 0) is 4.79 Å². The Morgan fingerprint density at radius 3 is 2.69 bits per heavy atom. The third-order valence-electron chi connectivity index (χ3n) is 4.13. The number of fused-ring (bicyclic) bond motifs is 2. The number of aromatic amines is 1. The quantitative estimate of drug-likeness (QED) is 0.582. The second-order valence-corrected chi connectivity index (χ2v) is 6.83. The predicted octanol–water partition coefficient (Wildman–Crippen LogP) is 2.50. The van der Waals surface area contributed by atoms with Gasteiger partial charge in [0.1, 0.15) is 6.04 Å². The van der Waals surface area contributed by atoms with Gasteiger partial charge in [-0.1, -0.05) is 35.6 Å². The van der Waals surface area contributed by atoms with Crippen molar-refractivity contribution in [2.75, 3.05) is 5.32 Å². The molecule has 7 nitrogen and oxygen atoms in total. The number of benzene rings is 2. The van der Waals surface area contributed by atoms with Gasteiger partial charge in [0.05, 0.1) is 21.1 Å². The summed E-state index contributed by atoms with van der Waals surface area (Å²) in [4.78, 5) is 44.5. The number of carbonyl (C=O) groups is 1. The van der Waals surface area contributed by atoms with Gasteiger partial charge >= 0.3 is 5.69 Å². The molecule has 1 amide bonds. The Morgan fingerprint density at radius 1 is 1.15 bits per heavy atom. The molecule has 0 fully saturated rings. The van der Waals surface area contributed by atoms with E-state index in [1.54, 1.807) is 24.3 Å². The zero-order valence-corrected chi connectivity index (χ0v) is 14.5. The average Bonchev–Trinajstić information content (AvgIpc) is 3.03. The first kappa shape index (κ1) is 16.2. The number of hydrogen-bond donors (Lipinski definition) is 2. The summed E-state index contributed by atoms with van der Waals surface area (Å²) in [5.74, 6) is -0.480. The Kier molecular flexibility index (Phi) is 3.89. The summed E-state index contributed by atoms with van der Waals surface area (Å²) < 4.78 is 1.86. The van der Waals surface area contributed by atoms with Crippen LogP contribution in [0.4, 0.5) is 5.13 Å². The predicted molar refractivity (Wildman–Crippen MR) is 102 cm³/mol. The minimum absolute atomic E-state index is 0.353. The molecule has 0 bridgehead atoms. The maximum atomic E-state index is 12.6. The zero-order chi connectivity index (χ0) is 18.3. The molecule has 1 atom stereocenters. The van der Waals surface area contributed by atoms with Gasteiger partial charge in [0.15, 0.2) is 5.13 Å². The highest BCUT2D eigenvalue weighted by atomic mass is 32.1. The summed E-state index contributed by atoms with van der Waals surface area (Å²) >= 11 is 1.33. The molecule has 4 aromatic rings. The van der Waals surface area contributed by atoms with Crippen LogP contribution >= 0.6 is 11.3 Å². The third kappa shape index (κ3) is 2.70. The van der Waals surface area contributed by atoms with E-state index < -0.39 is 23.2 Å². The van der Waals surface area contributed by atoms with E-state index in [1.807, 2.05) is 24.3 Å². The van der Waals surface area contributed by atoms with Gasteiger partial charge in [-0.15, -0.1) is 0 Å². The minimum Gasteiger partial charge on any atom is -0.307 e. The fraction of sp³-hybridized carbons (Fsp3) is 0.111. The number of anilines is 1. The molecule has 2 aromatic carbocycles. The normalized spacial score (nSPS) is 12.3. The van der Waals surface area contributed by atoms with E-state index in [9.17, 15) is 14.4 Å². The molecular formula is C18H14N4O3S. The molecule has 2 heterocycles. The van der Waals surface area contributed by atoms with E-state index in [2.05, 4.69) is 15.3 Å². The molecule has 130 valence electrons. The lowest BCUT2D eigenvalue weighted by Gasteiger charge is -2.13. The molecule has 2 aromatic heterocycles. The van der Waals surface area contributed by atoms with Crippen LogP contribution < -0.4 is 16.6 Å². The number of carbonyl (C=O) groups excluding carboxylic acids is 1. The number of hydrogen-bond acceptors (Lipinski definition) is 5. The number of nitrogens with one attached hydrogen (secondary N) is 2. The molecule has 0 unspecified atom stereocenters. The van der Waals surface area contributed by atoms with Crippen LogP contribution in [0.25, 0.3) is 21.1 Å². The number of para-hydroxylation sites is 2. The number of H-pyrrole nitrogens is 1. The fourth-order valence-corrected chi connectivity index (χ4v) is 3.65. The second-order valence-electron chi connectivity index (χ2n) is 5.80. The molecule has 0 saturated carbocycles. The van der Waals surface area contributed by atoms with Gasteiger partial charge in [-0.2, -0.15) is 0 Å². The molecule has 0 spiro atoms. The van der Waals surface area contributed by atoms with Crippen molar-refractivity contribution in [2.24, 2.45) is 0 Å². The lowest BCUT2D eigenvalue weighted by Crippen LogP contribution is -2.41. The van der Waals surface area contributed by atoms with Crippen LogP contribution in [0.1, 0.15) is 13.0 Å². The van der Waals surface area contributed by atoms with Crippen molar-refractivity contribution < 1.29 is 4.79 Å². The van der Waals surface area contributed by atoms with Gasteiger partial charge in [0.2, 0.25) is 5.91 Å². The summed E-state index contributed by atoms with van der Waals surface area (Å²) in [5.41, 5.74) is 0.0932. The van der Waals surface area contributed by atoms with Gasteiger partial charge in [-0.25, -0.2) is 14.3 Å². The van der Waals surface area contributed by atoms with E-state index in [4.69, 9.17) is 0 Å². The molecule has 0 saturated heterocycles. The van der Waals surface area contributed by atoms with E-state index in [0.29, 0.717) is 16.0 Å². The van der Waals surface area contributed by atoms with Gasteiger partial charge < -0.3 is 10.3 Å². The first-order chi connectivity index (χ1) is 12.5. The molecule has 0 aliphatic heterocycles. The van der Waals surface area contributed by atoms with Gasteiger partial charge in [0, 0.05) is 0 Å². The summed E-state index contributed by atoms with van der Waals surface area (Å²) in [6, 6.07) is 13.2. The van der Waals surface area contributed by atoms with Crippen molar-refractivity contribution in [3.8, 4) is 0 Å². The summed E-state index contributed by atoms with van der Waals surface area (Å²) in [5, 5.41) is 3.47. The van der Waals surface area contributed by atoms with E-state index in [1.165, 1.54) is 18.3 Å². The van der Waals surface area contributed by atoms with Crippen LogP contribution in [0.15, 0.2) is 58.1 Å². The molecule has 4 rings (SSSR count). The molecule has 2 N–H and O–H groups in total. The molecular weight excluding hydrogens is 352 g/mol. The van der Waals surface area contributed by atoms with Crippen molar-refractivity contribution in [1.29, 1.82) is 0 Å². The van der Waals surface area contributed by atoms with Crippen molar-refractivity contribution in [1.82, 2.24) is 14.5 Å². The third-order valence-corrected chi connectivity index (χ3v) is 5.08. The minimum atomic E-state index is -0.983. The van der Waals surface area contributed by atoms with Crippen LogP contribution in [0.3, 0.4) is 0 Å². The van der Waals surface area contributed by atoms with Crippen LogP contribution in [0.2, 0.25) is 0 Å². The van der Waals surface area contributed by atoms with Crippen molar-refractivity contribution in [3.05, 3.63) is 69.4 Å². The smallest absolute Gasteiger partial charge is 0.307 e. The molecule has 26 heavy (non-hydrogen) atoms. The van der Waals surface area contributed by atoms with Crippen LogP contribution in [0.5, 0.6) is 0 Å². The highest BCUT2D eigenvalue weighted by Gasteiger charge is 2.21. The fourth-order valence-electron chi connectivity index (χ4n) is 2.78. The average molecular weight is 366 g/mol. The van der Waals surface area contributed by atoms with Crippen molar-refractivity contribution in [2.45, 2.75) is 13.0 Å². The topological polar surface area (TPSA) is 96.8 Å². The second kappa shape index (κ2) is 6.23. The Balaban J connectivity index is 1.69. The maximum absolute atomic E-state index is 12.6. The molecule has 8 heteroatoms. The van der Waals surface area contributed by atoms with Crippen LogP contribution in [0, 0.1) is 0 Å². The molecule has 0 aliphatic carbocycles. The van der Waals surface area contributed by atoms with E-state index >= 15 is 0 Å². The SMILES string of the molecule is C[C@@H](C(=O)Nc1nc2ccccc2s1)n1c(=O)[nH]c2ccccc2c1=O. The number of amides is 1. The number of rotatable bonds is 3. The van der Waals surface area contributed by atoms with Gasteiger partial charge in [0.25, 0.3) is 5.56 Å². The monoisotopic (exact) mass is 366 g/mol. The Labute approximate surface area is 150 Å². The number of thiazole rings is 1. The van der Waals surface area contributed by atoms with Crippen molar-refractivity contribution >= 4 is 43.5 Å².